The Hall–Kier alpha value is -2.33. The Morgan fingerprint density at radius 1 is 1.17 bits per heavy atom. The van der Waals surface area contributed by atoms with Crippen LogP contribution in [0.2, 0.25) is 5.02 Å². The first-order valence-electron chi connectivity index (χ1n) is 7.54. The second-order valence-corrected chi connectivity index (χ2v) is 6.15. The lowest BCUT2D eigenvalue weighted by atomic mass is 10.2. The average molecular weight is 328 g/mol. The second kappa shape index (κ2) is 6.42. The van der Waals surface area contributed by atoms with Gasteiger partial charge in [-0.05, 0) is 50.2 Å². The number of pyridine rings is 1. The van der Waals surface area contributed by atoms with Gasteiger partial charge in [-0.3, -0.25) is 9.20 Å². The normalized spacial score (nSPS) is 11.1. The molecule has 0 aliphatic rings. The number of hydrogen-bond donors (Lipinski definition) is 0. The molecule has 2 aromatic heterocycles. The number of fused-ring (bicyclic) bond motifs is 1. The lowest BCUT2D eigenvalue weighted by Gasteiger charge is -2.28. The van der Waals surface area contributed by atoms with Crippen LogP contribution in [0.25, 0.3) is 5.65 Å². The fourth-order valence-electron chi connectivity index (χ4n) is 2.56. The summed E-state index contributed by atoms with van der Waals surface area (Å²) in [5, 5.41) is 0.708. The van der Waals surface area contributed by atoms with Crippen molar-refractivity contribution < 1.29 is 0 Å². The number of anilines is 1. The van der Waals surface area contributed by atoms with Gasteiger partial charge in [0, 0.05) is 29.0 Å². The maximum atomic E-state index is 12.2. The maximum Gasteiger partial charge on any atom is 0.258 e. The topological polar surface area (TPSA) is 37.6 Å². The summed E-state index contributed by atoms with van der Waals surface area (Å²) in [6.07, 6.45) is 1.73. The van der Waals surface area contributed by atoms with Crippen LogP contribution < -0.4 is 10.5 Å². The van der Waals surface area contributed by atoms with Crippen molar-refractivity contribution in [3.05, 3.63) is 75.8 Å². The van der Waals surface area contributed by atoms with Crippen LogP contribution in [0.3, 0.4) is 0 Å². The summed E-state index contributed by atoms with van der Waals surface area (Å²) in [4.78, 5) is 19.0. The van der Waals surface area contributed by atoms with Crippen molar-refractivity contribution in [1.29, 1.82) is 0 Å². The van der Waals surface area contributed by atoms with Crippen LogP contribution >= 0.6 is 11.6 Å². The van der Waals surface area contributed by atoms with E-state index >= 15 is 0 Å². The van der Waals surface area contributed by atoms with Gasteiger partial charge in [-0.25, -0.2) is 4.98 Å². The van der Waals surface area contributed by atoms with E-state index in [4.69, 9.17) is 11.6 Å². The molecule has 0 atom stereocenters. The minimum Gasteiger partial charge on any atom is -0.363 e. The predicted octanol–water partition coefficient (Wildman–Crippen LogP) is 3.76. The monoisotopic (exact) mass is 327 g/mol. The number of rotatable bonds is 4. The minimum atomic E-state index is -0.0644. The summed E-state index contributed by atoms with van der Waals surface area (Å²) >= 11 is 5.97. The summed E-state index contributed by atoms with van der Waals surface area (Å²) in [5.74, 6) is 0. The third-order valence-corrected chi connectivity index (χ3v) is 3.99. The number of halogens is 1. The van der Waals surface area contributed by atoms with E-state index in [2.05, 4.69) is 23.7 Å². The van der Waals surface area contributed by atoms with E-state index in [-0.39, 0.29) is 11.6 Å². The Bertz CT molecular complexity index is 871. The zero-order valence-electron chi connectivity index (χ0n) is 13.1. The van der Waals surface area contributed by atoms with Crippen molar-refractivity contribution in [2.24, 2.45) is 0 Å². The molecule has 0 radical (unpaired) electrons. The van der Waals surface area contributed by atoms with Crippen LogP contribution in [0, 0.1) is 0 Å². The lowest BCUT2D eigenvalue weighted by molar-refractivity contribution is 0.672. The first-order chi connectivity index (χ1) is 11.0. The van der Waals surface area contributed by atoms with Gasteiger partial charge >= 0.3 is 0 Å². The molecule has 0 fully saturated rings. The van der Waals surface area contributed by atoms with Gasteiger partial charge < -0.3 is 4.90 Å². The fourth-order valence-corrected chi connectivity index (χ4v) is 2.69. The fraction of sp³-hybridized carbons (Fsp3) is 0.222. The third kappa shape index (κ3) is 3.37. The zero-order valence-corrected chi connectivity index (χ0v) is 13.9. The molecule has 0 amide bonds. The molecule has 0 N–H and O–H groups in total. The summed E-state index contributed by atoms with van der Waals surface area (Å²) in [6.45, 7) is 4.80. The largest absolute Gasteiger partial charge is 0.363 e. The molecule has 3 aromatic rings. The average Bonchev–Trinajstić information content (AvgIpc) is 2.53. The highest BCUT2D eigenvalue weighted by Crippen LogP contribution is 2.21. The molecule has 0 saturated carbocycles. The molecule has 23 heavy (non-hydrogen) atoms. The van der Waals surface area contributed by atoms with Crippen LogP contribution in [0.1, 0.15) is 19.5 Å². The Kier molecular flexibility index (Phi) is 4.35. The quantitative estimate of drug-likeness (QED) is 0.732. The van der Waals surface area contributed by atoms with E-state index in [0.717, 1.165) is 11.4 Å². The second-order valence-electron chi connectivity index (χ2n) is 5.71. The first-order valence-corrected chi connectivity index (χ1v) is 7.92. The van der Waals surface area contributed by atoms with Crippen LogP contribution in [0.15, 0.2) is 59.5 Å². The highest BCUT2D eigenvalue weighted by atomic mass is 35.5. The van der Waals surface area contributed by atoms with Gasteiger partial charge in [-0.15, -0.1) is 0 Å². The highest BCUT2D eigenvalue weighted by Gasteiger charge is 2.13. The molecule has 1 aromatic carbocycles. The first kappa shape index (κ1) is 15.6. The van der Waals surface area contributed by atoms with Gasteiger partial charge in [-0.1, -0.05) is 17.7 Å². The summed E-state index contributed by atoms with van der Waals surface area (Å²) in [5.41, 5.74) is 2.41. The lowest BCUT2D eigenvalue weighted by Crippen LogP contribution is -2.31. The molecule has 3 rings (SSSR count). The number of nitrogens with zero attached hydrogens (tertiary/aromatic N) is 3. The van der Waals surface area contributed by atoms with Crippen molar-refractivity contribution >= 4 is 22.9 Å². The number of benzene rings is 1. The van der Waals surface area contributed by atoms with Gasteiger partial charge in [0.2, 0.25) is 0 Å². The smallest absolute Gasteiger partial charge is 0.258 e. The molecule has 5 heteroatoms. The standard InChI is InChI=1S/C18H18ClN3O/c1-13(2)22(16-8-6-14(19)7-9-16)12-15-11-18(23)21-10-4-3-5-17(21)20-15/h3-11,13H,12H2,1-2H3. The molecule has 0 aliphatic heterocycles. The van der Waals surface area contributed by atoms with E-state index in [1.165, 1.54) is 0 Å². The van der Waals surface area contributed by atoms with Gasteiger partial charge in [0.25, 0.3) is 5.56 Å². The molecule has 4 nitrogen and oxygen atoms in total. The Balaban J connectivity index is 1.97. The molecule has 2 heterocycles. The number of hydrogen-bond acceptors (Lipinski definition) is 3. The van der Waals surface area contributed by atoms with Gasteiger partial charge in [0.1, 0.15) is 5.65 Å². The Morgan fingerprint density at radius 2 is 1.91 bits per heavy atom. The molecule has 118 valence electrons. The van der Waals surface area contributed by atoms with Crippen molar-refractivity contribution in [3.8, 4) is 0 Å². The molecule has 0 bridgehead atoms. The number of aromatic nitrogens is 2. The molecule has 0 saturated heterocycles. The van der Waals surface area contributed by atoms with Gasteiger partial charge in [-0.2, -0.15) is 0 Å². The van der Waals surface area contributed by atoms with E-state index in [0.29, 0.717) is 17.2 Å². The van der Waals surface area contributed by atoms with Crippen LogP contribution in [-0.4, -0.2) is 15.4 Å². The van der Waals surface area contributed by atoms with Crippen molar-refractivity contribution in [2.75, 3.05) is 4.90 Å². The molecular formula is C18H18ClN3O. The highest BCUT2D eigenvalue weighted by molar-refractivity contribution is 6.30. The predicted molar refractivity (Wildman–Crippen MR) is 94.2 cm³/mol. The van der Waals surface area contributed by atoms with Crippen LogP contribution in [0.5, 0.6) is 0 Å². The van der Waals surface area contributed by atoms with E-state index < -0.39 is 0 Å². The molecule has 0 aliphatic carbocycles. The SMILES string of the molecule is CC(C)N(Cc1cc(=O)n2ccccc2n1)c1ccc(Cl)cc1. The third-order valence-electron chi connectivity index (χ3n) is 3.74. The Labute approximate surface area is 140 Å². The van der Waals surface area contributed by atoms with Gasteiger partial charge in [0.15, 0.2) is 0 Å². The minimum absolute atomic E-state index is 0.0644. The van der Waals surface area contributed by atoms with E-state index in [9.17, 15) is 4.79 Å². The summed E-state index contributed by atoms with van der Waals surface area (Å²) in [6, 6.07) is 15.1. The van der Waals surface area contributed by atoms with E-state index in [1.54, 1.807) is 16.7 Å². The maximum absolute atomic E-state index is 12.2. The molecule has 0 unspecified atom stereocenters. The molecule has 0 spiro atoms. The summed E-state index contributed by atoms with van der Waals surface area (Å²) in [7, 11) is 0. The van der Waals surface area contributed by atoms with Gasteiger partial charge in [0.05, 0.1) is 12.2 Å². The van der Waals surface area contributed by atoms with Crippen molar-refractivity contribution in [1.82, 2.24) is 9.38 Å². The van der Waals surface area contributed by atoms with E-state index in [1.807, 2.05) is 42.5 Å². The molecular weight excluding hydrogens is 310 g/mol. The van der Waals surface area contributed by atoms with Crippen molar-refractivity contribution in [2.45, 2.75) is 26.4 Å². The van der Waals surface area contributed by atoms with Crippen LogP contribution in [-0.2, 0) is 6.54 Å². The van der Waals surface area contributed by atoms with Crippen LogP contribution in [0.4, 0.5) is 5.69 Å². The Morgan fingerprint density at radius 3 is 2.61 bits per heavy atom. The van der Waals surface area contributed by atoms with Crippen molar-refractivity contribution in [3.63, 3.8) is 0 Å². The zero-order chi connectivity index (χ0) is 16.4. The summed E-state index contributed by atoms with van der Waals surface area (Å²) < 4.78 is 1.55.